The molecular formula is C16H15BrN2O2. The predicted molar refractivity (Wildman–Crippen MR) is 85.0 cm³/mol. The first-order valence-corrected chi connectivity index (χ1v) is 7.20. The van der Waals surface area contributed by atoms with Crippen molar-refractivity contribution < 1.29 is 9.59 Å². The third-order valence-corrected chi connectivity index (χ3v) is 3.72. The number of nitrogens with two attached hydrogens (primary N) is 1. The van der Waals surface area contributed by atoms with Crippen LogP contribution in [0.5, 0.6) is 0 Å². The van der Waals surface area contributed by atoms with Crippen LogP contribution in [0.25, 0.3) is 0 Å². The Balaban J connectivity index is 2.09. The van der Waals surface area contributed by atoms with Gasteiger partial charge in [-0.25, -0.2) is 0 Å². The molecule has 21 heavy (non-hydrogen) atoms. The number of carbonyl (C=O) groups is 2. The van der Waals surface area contributed by atoms with E-state index in [9.17, 15) is 9.59 Å². The van der Waals surface area contributed by atoms with Gasteiger partial charge in [-0.3, -0.25) is 9.59 Å². The normalized spacial score (nSPS) is 10.2. The molecule has 0 aromatic heterocycles. The van der Waals surface area contributed by atoms with E-state index in [1.807, 2.05) is 31.2 Å². The van der Waals surface area contributed by atoms with E-state index in [1.54, 1.807) is 18.2 Å². The Morgan fingerprint density at radius 2 is 1.95 bits per heavy atom. The smallest absolute Gasteiger partial charge is 0.252 e. The Morgan fingerprint density at radius 1 is 1.19 bits per heavy atom. The Bertz CT molecular complexity index is 698. The van der Waals surface area contributed by atoms with Crippen molar-refractivity contribution >= 4 is 27.7 Å². The first-order valence-electron chi connectivity index (χ1n) is 6.40. The van der Waals surface area contributed by atoms with E-state index in [4.69, 9.17) is 5.73 Å². The molecule has 2 rings (SSSR count). The summed E-state index contributed by atoms with van der Waals surface area (Å²) in [6, 6.07) is 12.5. The van der Waals surface area contributed by atoms with Gasteiger partial charge < -0.3 is 11.1 Å². The van der Waals surface area contributed by atoms with Crippen LogP contribution in [0.1, 0.15) is 31.8 Å². The Labute approximate surface area is 131 Å². The number of aryl methyl sites for hydroxylation is 1. The van der Waals surface area contributed by atoms with Gasteiger partial charge in [-0.15, -0.1) is 0 Å². The number of halogens is 1. The van der Waals surface area contributed by atoms with Crippen LogP contribution in [0.15, 0.2) is 46.9 Å². The van der Waals surface area contributed by atoms with Gasteiger partial charge in [0.15, 0.2) is 0 Å². The van der Waals surface area contributed by atoms with Crippen molar-refractivity contribution in [2.24, 2.45) is 5.73 Å². The maximum atomic E-state index is 12.2. The number of nitrogens with one attached hydrogen (secondary N) is 1. The Hall–Kier alpha value is -2.14. The molecule has 0 aliphatic rings. The molecule has 0 aliphatic carbocycles. The average molecular weight is 347 g/mol. The van der Waals surface area contributed by atoms with Gasteiger partial charge in [-0.1, -0.05) is 23.8 Å². The molecular weight excluding hydrogens is 332 g/mol. The number of primary amides is 1. The van der Waals surface area contributed by atoms with E-state index < -0.39 is 5.91 Å². The molecule has 0 saturated carbocycles. The summed E-state index contributed by atoms with van der Waals surface area (Å²) >= 11 is 3.37. The lowest BCUT2D eigenvalue weighted by Crippen LogP contribution is -2.23. The molecule has 0 bridgehead atoms. The molecule has 2 aromatic carbocycles. The zero-order valence-corrected chi connectivity index (χ0v) is 13.1. The lowest BCUT2D eigenvalue weighted by Gasteiger charge is -2.08. The molecule has 2 amide bonds. The Kier molecular flexibility index (Phi) is 4.75. The van der Waals surface area contributed by atoms with Crippen LogP contribution in [0.2, 0.25) is 0 Å². The van der Waals surface area contributed by atoms with Gasteiger partial charge in [-0.2, -0.15) is 0 Å². The summed E-state index contributed by atoms with van der Waals surface area (Å²) in [6.07, 6.45) is 0. The molecule has 0 spiro atoms. The van der Waals surface area contributed by atoms with Gasteiger partial charge in [-0.05, 0) is 52.7 Å². The quantitative estimate of drug-likeness (QED) is 0.893. The SMILES string of the molecule is Cc1ccc(Br)c(C(=O)NCc2cccc(C(N)=O)c2)c1. The first-order chi connectivity index (χ1) is 9.97. The maximum absolute atomic E-state index is 12.2. The number of benzene rings is 2. The fourth-order valence-corrected chi connectivity index (χ4v) is 2.35. The van der Waals surface area contributed by atoms with Crippen LogP contribution >= 0.6 is 15.9 Å². The third-order valence-electron chi connectivity index (χ3n) is 3.03. The number of hydrogen-bond donors (Lipinski definition) is 2. The van der Waals surface area contributed by atoms with Gasteiger partial charge in [0.25, 0.3) is 5.91 Å². The monoisotopic (exact) mass is 346 g/mol. The lowest BCUT2D eigenvalue weighted by molar-refractivity contribution is 0.0949. The highest BCUT2D eigenvalue weighted by Gasteiger charge is 2.10. The van der Waals surface area contributed by atoms with Crippen molar-refractivity contribution in [2.45, 2.75) is 13.5 Å². The minimum Gasteiger partial charge on any atom is -0.366 e. The fraction of sp³-hybridized carbons (Fsp3) is 0.125. The molecule has 5 heteroatoms. The van der Waals surface area contributed by atoms with E-state index in [2.05, 4.69) is 21.2 Å². The molecule has 0 radical (unpaired) electrons. The molecule has 2 aromatic rings. The topological polar surface area (TPSA) is 72.2 Å². The van der Waals surface area contributed by atoms with Crippen LogP contribution in [0, 0.1) is 6.92 Å². The van der Waals surface area contributed by atoms with Gasteiger partial charge in [0.2, 0.25) is 5.91 Å². The number of rotatable bonds is 4. The number of carbonyl (C=O) groups excluding carboxylic acids is 2. The second kappa shape index (κ2) is 6.54. The zero-order valence-electron chi connectivity index (χ0n) is 11.5. The van der Waals surface area contributed by atoms with Gasteiger partial charge >= 0.3 is 0 Å². The highest BCUT2D eigenvalue weighted by molar-refractivity contribution is 9.10. The molecule has 3 N–H and O–H groups in total. The highest BCUT2D eigenvalue weighted by Crippen LogP contribution is 2.18. The van der Waals surface area contributed by atoms with Crippen LogP contribution in [-0.2, 0) is 6.54 Å². The molecule has 108 valence electrons. The van der Waals surface area contributed by atoms with Crippen molar-refractivity contribution in [3.8, 4) is 0 Å². The van der Waals surface area contributed by atoms with E-state index in [0.29, 0.717) is 17.7 Å². The summed E-state index contributed by atoms with van der Waals surface area (Å²) in [5, 5.41) is 2.83. The summed E-state index contributed by atoms with van der Waals surface area (Å²) in [4.78, 5) is 23.3. The van der Waals surface area contributed by atoms with Crippen LogP contribution in [0.3, 0.4) is 0 Å². The minimum absolute atomic E-state index is 0.171. The second-order valence-electron chi connectivity index (χ2n) is 4.73. The summed E-state index contributed by atoms with van der Waals surface area (Å²) in [5.74, 6) is -0.653. The van der Waals surface area contributed by atoms with E-state index >= 15 is 0 Å². The van der Waals surface area contributed by atoms with Gasteiger partial charge in [0.1, 0.15) is 0 Å². The van der Waals surface area contributed by atoms with E-state index in [1.165, 1.54) is 0 Å². The molecule has 0 unspecified atom stereocenters. The highest BCUT2D eigenvalue weighted by atomic mass is 79.9. The van der Waals surface area contributed by atoms with Crippen LogP contribution in [0.4, 0.5) is 0 Å². The summed E-state index contributed by atoms with van der Waals surface area (Å²) in [6.45, 7) is 2.26. The van der Waals surface area contributed by atoms with Crippen molar-refractivity contribution in [3.05, 3.63) is 69.2 Å². The van der Waals surface area contributed by atoms with Crippen molar-refractivity contribution in [3.63, 3.8) is 0 Å². The third kappa shape index (κ3) is 3.92. The fourth-order valence-electron chi connectivity index (χ4n) is 1.93. The molecule has 4 nitrogen and oxygen atoms in total. The average Bonchev–Trinajstić information content (AvgIpc) is 2.47. The number of hydrogen-bond acceptors (Lipinski definition) is 2. The molecule has 0 aliphatic heterocycles. The molecule has 0 saturated heterocycles. The van der Waals surface area contributed by atoms with Gasteiger partial charge in [0.05, 0.1) is 5.56 Å². The largest absolute Gasteiger partial charge is 0.366 e. The van der Waals surface area contributed by atoms with Gasteiger partial charge in [0, 0.05) is 16.6 Å². The summed E-state index contributed by atoms with van der Waals surface area (Å²) in [5.41, 5.74) is 8.08. The number of amides is 2. The van der Waals surface area contributed by atoms with Crippen LogP contribution in [-0.4, -0.2) is 11.8 Å². The second-order valence-corrected chi connectivity index (χ2v) is 5.58. The Morgan fingerprint density at radius 3 is 2.67 bits per heavy atom. The van der Waals surface area contributed by atoms with Crippen molar-refractivity contribution in [1.29, 1.82) is 0 Å². The maximum Gasteiger partial charge on any atom is 0.252 e. The van der Waals surface area contributed by atoms with Crippen molar-refractivity contribution in [1.82, 2.24) is 5.32 Å². The summed E-state index contributed by atoms with van der Waals surface area (Å²) < 4.78 is 0.747. The van der Waals surface area contributed by atoms with Crippen molar-refractivity contribution in [2.75, 3.05) is 0 Å². The lowest BCUT2D eigenvalue weighted by atomic mass is 10.1. The molecule has 0 atom stereocenters. The predicted octanol–water partition coefficient (Wildman–Crippen LogP) is 2.79. The first kappa shape index (κ1) is 15.3. The summed E-state index contributed by atoms with van der Waals surface area (Å²) in [7, 11) is 0. The molecule has 0 fully saturated rings. The van der Waals surface area contributed by atoms with E-state index in [0.717, 1.165) is 15.6 Å². The van der Waals surface area contributed by atoms with Crippen LogP contribution < -0.4 is 11.1 Å². The zero-order chi connectivity index (χ0) is 15.4. The molecule has 0 heterocycles. The minimum atomic E-state index is -0.482. The standard InChI is InChI=1S/C16H15BrN2O2/c1-10-5-6-14(17)13(7-10)16(21)19-9-11-3-2-4-12(8-11)15(18)20/h2-8H,9H2,1H3,(H2,18,20)(H,19,21). The van der Waals surface area contributed by atoms with E-state index in [-0.39, 0.29) is 5.91 Å².